The molecule has 1 aliphatic carbocycles. The van der Waals surface area contributed by atoms with Crippen molar-refractivity contribution in [3.8, 4) is 0 Å². The van der Waals surface area contributed by atoms with Crippen LogP contribution in [0.5, 0.6) is 0 Å². The maximum Gasteiger partial charge on any atom is 0.202 e. The van der Waals surface area contributed by atoms with Gasteiger partial charge in [0.05, 0.1) is 0 Å². The van der Waals surface area contributed by atoms with Gasteiger partial charge in [0, 0.05) is 24.0 Å². The molecule has 1 heterocycles. The van der Waals surface area contributed by atoms with Crippen LogP contribution in [0.1, 0.15) is 32.5 Å². The van der Waals surface area contributed by atoms with Crippen LogP contribution in [0.2, 0.25) is 0 Å². The van der Waals surface area contributed by atoms with Crippen LogP contribution in [-0.4, -0.2) is 15.4 Å². The summed E-state index contributed by atoms with van der Waals surface area (Å²) < 4.78 is 4.24. The lowest BCUT2D eigenvalue weighted by atomic mass is 10.2. The molecule has 0 bridgehead atoms. The normalized spacial score (nSPS) is 18.6. The fraction of sp³-hybridized carbons (Fsp3) is 0.778. The molecule has 72 valence electrons. The van der Waals surface area contributed by atoms with E-state index in [0.717, 1.165) is 23.3 Å². The summed E-state index contributed by atoms with van der Waals surface area (Å²) in [5, 5.41) is 4.39. The summed E-state index contributed by atoms with van der Waals surface area (Å²) in [6, 6.07) is 0.567. The zero-order valence-electron chi connectivity index (χ0n) is 8.08. The molecule has 13 heavy (non-hydrogen) atoms. The van der Waals surface area contributed by atoms with Gasteiger partial charge in [0.15, 0.2) is 0 Å². The van der Waals surface area contributed by atoms with E-state index in [-0.39, 0.29) is 0 Å². The van der Waals surface area contributed by atoms with Crippen LogP contribution >= 0.6 is 11.5 Å². The van der Waals surface area contributed by atoms with Crippen molar-refractivity contribution in [1.82, 2.24) is 9.36 Å². The molecule has 2 rings (SSSR count). The highest BCUT2D eigenvalue weighted by Gasteiger charge is 2.28. The molecule has 0 spiro atoms. The number of rotatable bonds is 4. The zero-order chi connectivity index (χ0) is 9.26. The summed E-state index contributed by atoms with van der Waals surface area (Å²) in [5.41, 5.74) is 0. The molecule has 0 radical (unpaired) electrons. The quantitative estimate of drug-likeness (QED) is 0.805. The van der Waals surface area contributed by atoms with E-state index in [1.165, 1.54) is 24.4 Å². The Balaban J connectivity index is 1.92. The zero-order valence-corrected chi connectivity index (χ0v) is 8.90. The topological polar surface area (TPSA) is 37.8 Å². The third-order valence-corrected chi connectivity index (χ3v) is 3.15. The summed E-state index contributed by atoms with van der Waals surface area (Å²) in [4.78, 5) is 4.38. The third kappa shape index (κ3) is 2.18. The molecule has 4 heteroatoms. The molecule has 0 aliphatic heterocycles. The molecule has 0 saturated heterocycles. The highest BCUT2D eigenvalue weighted by atomic mass is 32.1. The molecule has 1 atom stereocenters. The van der Waals surface area contributed by atoms with E-state index < -0.39 is 0 Å². The van der Waals surface area contributed by atoms with Crippen molar-refractivity contribution in [2.45, 2.75) is 39.2 Å². The minimum absolute atomic E-state index is 0.567. The largest absolute Gasteiger partial charge is 0.358 e. The second-order valence-electron chi connectivity index (χ2n) is 3.64. The predicted octanol–water partition coefficient (Wildman–Crippen LogP) is 2.31. The average Bonchev–Trinajstić information content (AvgIpc) is 2.88. The fourth-order valence-corrected chi connectivity index (χ4v) is 2.11. The van der Waals surface area contributed by atoms with Crippen molar-refractivity contribution in [2.24, 2.45) is 5.92 Å². The Hall–Kier alpha value is -0.640. The van der Waals surface area contributed by atoms with Gasteiger partial charge in [-0.2, -0.15) is 4.37 Å². The fourth-order valence-electron chi connectivity index (χ4n) is 1.37. The lowest BCUT2D eigenvalue weighted by Crippen LogP contribution is -2.16. The summed E-state index contributed by atoms with van der Waals surface area (Å²) in [6.07, 6.45) is 3.66. The number of hydrogen-bond donors (Lipinski definition) is 1. The van der Waals surface area contributed by atoms with Gasteiger partial charge in [-0.1, -0.05) is 6.92 Å². The van der Waals surface area contributed by atoms with Gasteiger partial charge in [0.1, 0.15) is 5.82 Å². The molecule has 1 N–H and O–H groups in total. The van der Waals surface area contributed by atoms with E-state index in [1.54, 1.807) is 0 Å². The lowest BCUT2D eigenvalue weighted by molar-refractivity contribution is 0.693. The van der Waals surface area contributed by atoms with Crippen molar-refractivity contribution in [1.29, 1.82) is 0 Å². The van der Waals surface area contributed by atoms with Crippen molar-refractivity contribution in [3.05, 3.63) is 5.82 Å². The number of nitrogens with zero attached hydrogens (tertiary/aromatic N) is 2. The van der Waals surface area contributed by atoms with E-state index in [1.807, 2.05) is 0 Å². The molecular formula is C9H15N3S. The number of hydrogen-bond acceptors (Lipinski definition) is 4. The molecule has 0 aromatic carbocycles. The molecule has 1 aliphatic rings. The van der Waals surface area contributed by atoms with Crippen molar-refractivity contribution >= 4 is 16.7 Å². The van der Waals surface area contributed by atoms with Gasteiger partial charge in [-0.3, -0.25) is 0 Å². The molecule has 3 nitrogen and oxygen atoms in total. The van der Waals surface area contributed by atoms with Gasteiger partial charge >= 0.3 is 0 Å². The second kappa shape index (κ2) is 3.62. The van der Waals surface area contributed by atoms with E-state index in [4.69, 9.17) is 0 Å². The molecule has 1 aromatic rings. The standard InChI is InChI=1S/C9H15N3S/c1-3-8-11-9(13-12-8)10-6(2)7-4-5-7/h6-7H,3-5H2,1-2H3,(H,10,11,12). The van der Waals surface area contributed by atoms with Gasteiger partial charge in [-0.05, 0) is 25.7 Å². The average molecular weight is 197 g/mol. The van der Waals surface area contributed by atoms with Gasteiger partial charge < -0.3 is 5.32 Å². The van der Waals surface area contributed by atoms with Gasteiger partial charge in [0.2, 0.25) is 5.13 Å². The maximum absolute atomic E-state index is 4.38. The highest BCUT2D eigenvalue weighted by Crippen LogP contribution is 2.34. The molecule has 0 amide bonds. The molecule has 1 unspecified atom stereocenters. The Morgan fingerprint density at radius 2 is 2.38 bits per heavy atom. The summed E-state index contributed by atoms with van der Waals surface area (Å²) in [5.74, 6) is 1.82. The van der Waals surface area contributed by atoms with Crippen molar-refractivity contribution in [2.75, 3.05) is 5.32 Å². The van der Waals surface area contributed by atoms with E-state index in [0.29, 0.717) is 6.04 Å². The van der Waals surface area contributed by atoms with Crippen LogP contribution in [0, 0.1) is 5.92 Å². The number of aromatic nitrogens is 2. The van der Waals surface area contributed by atoms with Crippen LogP contribution < -0.4 is 5.32 Å². The Morgan fingerprint density at radius 1 is 1.62 bits per heavy atom. The van der Waals surface area contributed by atoms with Gasteiger partial charge in [-0.15, -0.1) is 0 Å². The smallest absolute Gasteiger partial charge is 0.202 e. The Morgan fingerprint density at radius 3 is 2.92 bits per heavy atom. The monoisotopic (exact) mass is 197 g/mol. The minimum Gasteiger partial charge on any atom is -0.358 e. The van der Waals surface area contributed by atoms with Crippen molar-refractivity contribution < 1.29 is 0 Å². The minimum atomic E-state index is 0.567. The summed E-state index contributed by atoms with van der Waals surface area (Å²) >= 11 is 1.48. The maximum atomic E-state index is 4.38. The Labute approximate surface area is 82.8 Å². The first-order chi connectivity index (χ1) is 6.29. The Kier molecular flexibility index (Phi) is 2.49. The Bertz CT molecular complexity index is 280. The van der Waals surface area contributed by atoms with Crippen LogP contribution in [0.15, 0.2) is 0 Å². The van der Waals surface area contributed by atoms with Crippen LogP contribution in [0.25, 0.3) is 0 Å². The first kappa shape index (κ1) is 8.94. The first-order valence-electron chi connectivity index (χ1n) is 4.88. The number of nitrogens with one attached hydrogen (secondary N) is 1. The van der Waals surface area contributed by atoms with E-state index in [2.05, 4.69) is 28.5 Å². The third-order valence-electron chi connectivity index (χ3n) is 2.46. The van der Waals surface area contributed by atoms with E-state index >= 15 is 0 Å². The van der Waals surface area contributed by atoms with Crippen molar-refractivity contribution in [3.63, 3.8) is 0 Å². The predicted molar refractivity (Wildman–Crippen MR) is 55.1 cm³/mol. The molecule has 1 saturated carbocycles. The molecular weight excluding hydrogens is 182 g/mol. The molecule has 1 aromatic heterocycles. The van der Waals surface area contributed by atoms with Crippen LogP contribution in [-0.2, 0) is 6.42 Å². The SMILES string of the molecule is CCc1nsc(NC(C)C2CC2)n1. The lowest BCUT2D eigenvalue weighted by Gasteiger charge is -2.09. The second-order valence-corrected chi connectivity index (χ2v) is 4.39. The first-order valence-corrected chi connectivity index (χ1v) is 5.66. The molecule has 1 fully saturated rings. The van der Waals surface area contributed by atoms with E-state index in [9.17, 15) is 0 Å². The summed E-state index contributed by atoms with van der Waals surface area (Å²) in [7, 11) is 0. The van der Waals surface area contributed by atoms with Crippen LogP contribution in [0.4, 0.5) is 5.13 Å². The van der Waals surface area contributed by atoms with Gasteiger partial charge in [0.25, 0.3) is 0 Å². The summed E-state index contributed by atoms with van der Waals surface area (Å²) in [6.45, 7) is 4.31. The number of anilines is 1. The van der Waals surface area contributed by atoms with Gasteiger partial charge in [-0.25, -0.2) is 4.98 Å². The number of aryl methyl sites for hydroxylation is 1. The highest BCUT2D eigenvalue weighted by molar-refractivity contribution is 7.09. The van der Waals surface area contributed by atoms with Crippen LogP contribution in [0.3, 0.4) is 0 Å².